The lowest BCUT2D eigenvalue weighted by molar-refractivity contribution is 0.458. The summed E-state index contributed by atoms with van der Waals surface area (Å²) >= 11 is 0. The van der Waals surface area contributed by atoms with Crippen LogP contribution in [-0.2, 0) is 0 Å². The molecule has 5 N–H and O–H groups in total. The molecular formula is C10H16N2O. The Morgan fingerprint density at radius 1 is 1.46 bits per heavy atom. The lowest BCUT2D eigenvalue weighted by Crippen LogP contribution is -2.15. The molecule has 0 unspecified atom stereocenters. The number of hydrogen-bond acceptors (Lipinski definition) is 3. The molecular weight excluding hydrogens is 164 g/mol. The van der Waals surface area contributed by atoms with Crippen molar-refractivity contribution in [1.29, 1.82) is 0 Å². The predicted octanol–water partition coefficient (Wildman–Crippen LogP) is 1.05. The summed E-state index contributed by atoms with van der Waals surface area (Å²) in [6.07, 6.45) is 0.691. The van der Waals surface area contributed by atoms with E-state index in [1.54, 1.807) is 6.07 Å². The highest BCUT2D eigenvalue weighted by Gasteiger charge is 2.09. The number of rotatable bonds is 3. The lowest BCUT2D eigenvalue weighted by atomic mass is 10.0. The van der Waals surface area contributed by atoms with E-state index in [9.17, 15) is 5.11 Å². The second-order valence-electron chi connectivity index (χ2n) is 3.25. The van der Waals surface area contributed by atoms with Crippen molar-refractivity contribution in [3.8, 4) is 5.75 Å². The summed E-state index contributed by atoms with van der Waals surface area (Å²) in [4.78, 5) is 0. The minimum Gasteiger partial charge on any atom is -0.508 e. The number of benzene rings is 1. The maximum atomic E-state index is 9.57. The topological polar surface area (TPSA) is 72.3 Å². The van der Waals surface area contributed by atoms with E-state index in [0.29, 0.717) is 13.0 Å². The molecule has 0 aromatic heterocycles. The van der Waals surface area contributed by atoms with Gasteiger partial charge in [-0.25, -0.2) is 0 Å². The van der Waals surface area contributed by atoms with Gasteiger partial charge in [0.1, 0.15) is 5.75 Å². The minimum atomic E-state index is -0.161. The van der Waals surface area contributed by atoms with E-state index in [2.05, 4.69) is 0 Å². The second-order valence-corrected chi connectivity index (χ2v) is 3.25. The number of nitrogens with two attached hydrogens (primary N) is 2. The van der Waals surface area contributed by atoms with Gasteiger partial charge in [-0.2, -0.15) is 0 Å². The molecule has 3 nitrogen and oxygen atoms in total. The van der Waals surface area contributed by atoms with Crippen molar-refractivity contribution in [2.45, 2.75) is 19.4 Å². The third-order valence-electron chi connectivity index (χ3n) is 2.06. The van der Waals surface area contributed by atoms with Crippen LogP contribution < -0.4 is 11.5 Å². The number of aromatic hydroxyl groups is 1. The van der Waals surface area contributed by atoms with E-state index < -0.39 is 0 Å². The highest BCUT2D eigenvalue weighted by molar-refractivity contribution is 5.37. The second kappa shape index (κ2) is 4.25. The number of phenols is 1. The monoisotopic (exact) mass is 180 g/mol. The first kappa shape index (κ1) is 10.0. The maximum absolute atomic E-state index is 9.57. The first-order valence-corrected chi connectivity index (χ1v) is 4.40. The van der Waals surface area contributed by atoms with Gasteiger partial charge in [-0.1, -0.05) is 12.1 Å². The molecule has 72 valence electrons. The Labute approximate surface area is 78.4 Å². The van der Waals surface area contributed by atoms with Gasteiger partial charge < -0.3 is 16.6 Å². The molecule has 0 saturated heterocycles. The molecule has 0 heterocycles. The summed E-state index contributed by atoms with van der Waals surface area (Å²) in [6, 6.07) is 5.34. The normalized spacial score (nSPS) is 12.8. The van der Waals surface area contributed by atoms with Crippen LogP contribution >= 0.6 is 0 Å². The fourth-order valence-corrected chi connectivity index (χ4v) is 1.30. The van der Waals surface area contributed by atoms with E-state index in [0.717, 1.165) is 11.1 Å². The average molecular weight is 180 g/mol. The zero-order valence-electron chi connectivity index (χ0n) is 7.83. The van der Waals surface area contributed by atoms with Crippen molar-refractivity contribution in [1.82, 2.24) is 0 Å². The Bertz CT molecular complexity index is 286. The molecule has 0 aliphatic rings. The first-order valence-electron chi connectivity index (χ1n) is 4.40. The van der Waals surface area contributed by atoms with Crippen LogP contribution in [0.4, 0.5) is 0 Å². The van der Waals surface area contributed by atoms with Crippen molar-refractivity contribution in [2.24, 2.45) is 11.5 Å². The van der Waals surface area contributed by atoms with Gasteiger partial charge in [0.2, 0.25) is 0 Å². The van der Waals surface area contributed by atoms with Crippen LogP contribution in [0.3, 0.4) is 0 Å². The molecule has 0 saturated carbocycles. The van der Waals surface area contributed by atoms with Gasteiger partial charge in [0.05, 0.1) is 0 Å². The minimum absolute atomic E-state index is 0.161. The molecule has 1 atom stereocenters. The number of aryl methyl sites for hydroxylation is 1. The molecule has 0 bridgehead atoms. The number of phenolic OH excluding ortho intramolecular Hbond substituents is 1. The van der Waals surface area contributed by atoms with Gasteiger partial charge in [0, 0.05) is 11.6 Å². The molecule has 3 heteroatoms. The van der Waals surface area contributed by atoms with Crippen molar-refractivity contribution >= 4 is 0 Å². The van der Waals surface area contributed by atoms with Gasteiger partial charge in [-0.15, -0.1) is 0 Å². The highest BCUT2D eigenvalue weighted by Crippen LogP contribution is 2.25. The fraction of sp³-hybridized carbons (Fsp3) is 0.400. The number of hydrogen-bond donors (Lipinski definition) is 3. The summed E-state index contributed by atoms with van der Waals surface area (Å²) in [5.41, 5.74) is 13.0. The van der Waals surface area contributed by atoms with E-state index in [1.165, 1.54) is 0 Å². The predicted molar refractivity (Wildman–Crippen MR) is 53.4 cm³/mol. The molecule has 13 heavy (non-hydrogen) atoms. The molecule has 1 aromatic rings. The lowest BCUT2D eigenvalue weighted by Gasteiger charge is -2.12. The molecule has 0 aliphatic heterocycles. The van der Waals surface area contributed by atoms with Crippen LogP contribution in [0.15, 0.2) is 18.2 Å². The smallest absolute Gasteiger partial charge is 0.120 e. The first-order chi connectivity index (χ1) is 6.15. The zero-order valence-corrected chi connectivity index (χ0v) is 7.83. The SMILES string of the molecule is Cc1ccc([C@@H](N)CCN)c(O)c1. The Balaban J connectivity index is 2.88. The van der Waals surface area contributed by atoms with E-state index in [-0.39, 0.29) is 11.8 Å². The Morgan fingerprint density at radius 2 is 2.15 bits per heavy atom. The molecule has 1 rings (SSSR count). The Kier molecular flexibility index (Phi) is 3.28. The maximum Gasteiger partial charge on any atom is 0.120 e. The summed E-state index contributed by atoms with van der Waals surface area (Å²) in [7, 11) is 0. The molecule has 0 aliphatic carbocycles. The molecule has 0 radical (unpaired) electrons. The van der Waals surface area contributed by atoms with Crippen LogP contribution in [-0.4, -0.2) is 11.7 Å². The van der Waals surface area contributed by atoms with Crippen molar-refractivity contribution in [2.75, 3.05) is 6.54 Å². The quantitative estimate of drug-likeness (QED) is 0.651. The standard InChI is InChI=1S/C10H16N2O/c1-7-2-3-8(10(13)6-7)9(12)4-5-11/h2-3,6,9,13H,4-5,11-12H2,1H3/t9-/m0/s1. The van der Waals surface area contributed by atoms with E-state index in [1.807, 2.05) is 19.1 Å². The van der Waals surface area contributed by atoms with Gasteiger partial charge in [-0.3, -0.25) is 0 Å². The third kappa shape index (κ3) is 2.44. The van der Waals surface area contributed by atoms with Gasteiger partial charge in [-0.05, 0) is 31.5 Å². The van der Waals surface area contributed by atoms with Crippen LogP contribution in [0.1, 0.15) is 23.6 Å². The van der Waals surface area contributed by atoms with Crippen LogP contribution in [0, 0.1) is 6.92 Å². The third-order valence-corrected chi connectivity index (χ3v) is 2.06. The van der Waals surface area contributed by atoms with Crippen molar-refractivity contribution in [3.63, 3.8) is 0 Å². The molecule has 0 fully saturated rings. The van der Waals surface area contributed by atoms with Crippen LogP contribution in [0.25, 0.3) is 0 Å². The van der Waals surface area contributed by atoms with E-state index >= 15 is 0 Å². The molecule has 1 aromatic carbocycles. The van der Waals surface area contributed by atoms with E-state index in [4.69, 9.17) is 11.5 Å². The fourth-order valence-electron chi connectivity index (χ4n) is 1.30. The summed E-state index contributed by atoms with van der Waals surface area (Å²) in [5, 5.41) is 9.57. The van der Waals surface area contributed by atoms with Crippen molar-refractivity contribution in [3.05, 3.63) is 29.3 Å². The zero-order chi connectivity index (χ0) is 9.84. The molecule has 0 amide bonds. The average Bonchev–Trinajstić information content (AvgIpc) is 2.04. The molecule has 0 spiro atoms. The highest BCUT2D eigenvalue weighted by atomic mass is 16.3. The largest absolute Gasteiger partial charge is 0.508 e. The van der Waals surface area contributed by atoms with Gasteiger partial charge >= 0.3 is 0 Å². The summed E-state index contributed by atoms with van der Waals surface area (Å²) in [6.45, 7) is 2.46. The summed E-state index contributed by atoms with van der Waals surface area (Å²) < 4.78 is 0. The van der Waals surface area contributed by atoms with Gasteiger partial charge in [0.15, 0.2) is 0 Å². The van der Waals surface area contributed by atoms with Gasteiger partial charge in [0.25, 0.3) is 0 Å². The summed E-state index contributed by atoms with van der Waals surface area (Å²) in [5.74, 6) is 0.265. The Morgan fingerprint density at radius 3 is 2.69 bits per heavy atom. The van der Waals surface area contributed by atoms with Crippen LogP contribution in [0.2, 0.25) is 0 Å². The van der Waals surface area contributed by atoms with Crippen LogP contribution in [0.5, 0.6) is 5.75 Å². The van der Waals surface area contributed by atoms with Crippen molar-refractivity contribution < 1.29 is 5.11 Å². The Hall–Kier alpha value is -1.06.